The minimum atomic E-state index is -0.373. The summed E-state index contributed by atoms with van der Waals surface area (Å²) in [5, 5.41) is 0. The summed E-state index contributed by atoms with van der Waals surface area (Å²) in [6.45, 7) is 7.25. The highest BCUT2D eigenvalue weighted by molar-refractivity contribution is 9.07. The van der Waals surface area contributed by atoms with Gasteiger partial charge in [0.25, 0.3) is 0 Å². The quantitative estimate of drug-likeness (QED) is 0.399. The monoisotopic (exact) mass is 221 g/mol. The van der Waals surface area contributed by atoms with Crippen molar-refractivity contribution in [2.75, 3.05) is 19.7 Å². The number of carbonyl (C=O) groups excluding carboxylic acids is 1. The van der Waals surface area contributed by atoms with Crippen molar-refractivity contribution in [3.8, 4) is 0 Å². The van der Waals surface area contributed by atoms with Crippen LogP contribution in [0.15, 0.2) is 12.7 Å². The molecule has 3 nitrogen and oxygen atoms in total. The van der Waals surface area contributed by atoms with Crippen LogP contribution in [0.2, 0.25) is 0 Å². The van der Waals surface area contributed by atoms with Crippen LogP contribution in [0.3, 0.4) is 0 Å². The molecule has 0 aliphatic rings. The van der Waals surface area contributed by atoms with Gasteiger partial charge >= 0.3 is 5.97 Å². The van der Waals surface area contributed by atoms with Gasteiger partial charge in [0.05, 0.1) is 0 Å². The van der Waals surface area contributed by atoms with Gasteiger partial charge in [0.15, 0.2) is 0 Å². The maximum Gasteiger partial charge on any atom is 0.330 e. The van der Waals surface area contributed by atoms with Gasteiger partial charge in [-0.3, -0.25) is 0 Å². The van der Waals surface area contributed by atoms with Crippen LogP contribution < -0.4 is 0 Å². The molecular weight excluding hydrogens is 210 g/mol. The molecule has 0 rings (SSSR count). The largest absolute Gasteiger partial charge is 0.461 e. The van der Waals surface area contributed by atoms with Crippen molar-refractivity contribution in [2.45, 2.75) is 6.92 Å². The molecule has 0 saturated carbocycles. The minimum absolute atomic E-state index is 0.373. The molecule has 0 aliphatic heterocycles. The van der Waals surface area contributed by atoms with Crippen LogP contribution >= 0.6 is 16.1 Å². The summed E-state index contributed by atoms with van der Waals surface area (Å²) in [7, 11) is 0. The zero-order chi connectivity index (χ0) is 8.69. The Hall–Kier alpha value is -0.350. The van der Waals surface area contributed by atoms with Crippen molar-refractivity contribution in [3.63, 3.8) is 0 Å². The number of nitrogens with zero attached hydrogens (tertiary/aromatic N) is 1. The SMILES string of the molecule is C=CC(=O)OCCN(Br)CC. The maximum atomic E-state index is 10.5. The molecular formula is C7H12BrNO2. The minimum Gasteiger partial charge on any atom is -0.461 e. The number of hydrogen-bond acceptors (Lipinski definition) is 3. The molecule has 0 amide bonds. The van der Waals surface area contributed by atoms with E-state index in [9.17, 15) is 4.79 Å². The van der Waals surface area contributed by atoms with Gasteiger partial charge < -0.3 is 4.74 Å². The zero-order valence-electron chi connectivity index (χ0n) is 6.55. The Morgan fingerprint density at radius 1 is 1.82 bits per heavy atom. The normalized spacial score (nSPS) is 9.73. The molecule has 0 fully saturated rings. The Morgan fingerprint density at radius 2 is 2.45 bits per heavy atom. The fourth-order valence-electron chi connectivity index (χ4n) is 0.462. The van der Waals surface area contributed by atoms with Gasteiger partial charge in [0.2, 0.25) is 0 Å². The first-order valence-electron chi connectivity index (χ1n) is 3.40. The molecule has 0 N–H and O–H groups in total. The Kier molecular flexibility index (Phi) is 6.16. The lowest BCUT2D eigenvalue weighted by molar-refractivity contribution is -0.137. The number of likely N-dealkylation sites (N-methyl/N-ethyl adjacent to an activating group) is 1. The van der Waals surface area contributed by atoms with Crippen LogP contribution in [0.5, 0.6) is 0 Å². The van der Waals surface area contributed by atoms with E-state index in [1.165, 1.54) is 0 Å². The third-order valence-corrected chi connectivity index (χ3v) is 1.94. The number of rotatable bonds is 5. The predicted molar refractivity (Wildman–Crippen MR) is 47.3 cm³/mol. The molecule has 0 saturated heterocycles. The van der Waals surface area contributed by atoms with Crippen molar-refractivity contribution in [1.29, 1.82) is 0 Å². The molecule has 0 aromatic rings. The number of esters is 1. The molecule has 64 valence electrons. The second-order valence-corrected chi connectivity index (χ2v) is 2.88. The molecule has 0 bridgehead atoms. The standard InChI is InChI=1S/C7H12BrNO2/c1-3-7(10)11-6-5-9(8)4-2/h3H,1,4-6H2,2H3. The summed E-state index contributed by atoms with van der Waals surface area (Å²) < 4.78 is 6.61. The second-order valence-electron chi connectivity index (χ2n) is 1.87. The number of ether oxygens (including phenoxy) is 1. The first-order chi connectivity index (χ1) is 5.20. The smallest absolute Gasteiger partial charge is 0.330 e. The highest BCUT2D eigenvalue weighted by atomic mass is 79.9. The van der Waals surface area contributed by atoms with Crippen LogP contribution in [0, 0.1) is 0 Å². The van der Waals surface area contributed by atoms with Gasteiger partial charge in [-0.05, 0) is 0 Å². The van der Waals surface area contributed by atoms with Gasteiger partial charge in [-0.1, -0.05) is 13.5 Å². The first kappa shape index (κ1) is 10.7. The highest BCUT2D eigenvalue weighted by Gasteiger charge is 1.98. The highest BCUT2D eigenvalue weighted by Crippen LogP contribution is 1.95. The van der Waals surface area contributed by atoms with E-state index in [1.807, 2.05) is 10.8 Å². The van der Waals surface area contributed by atoms with E-state index < -0.39 is 0 Å². The summed E-state index contributed by atoms with van der Waals surface area (Å²) in [6.07, 6.45) is 1.16. The van der Waals surface area contributed by atoms with Crippen molar-refractivity contribution in [2.24, 2.45) is 0 Å². The fourth-order valence-corrected chi connectivity index (χ4v) is 0.607. The second kappa shape index (κ2) is 6.37. The molecule has 0 radical (unpaired) electrons. The van der Waals surface area contributed by atoms with E-state index in [2.05, 4.69) is 22.7 Å². The number of halogens is 1. The third-order valence-electron chi connectivity index (χ3n) is 1.09. The molecule has 0 aromatic carbocycles. The summed E-state index contributed by atoms with van der Waals surface area (Å²) in [5.74, 6) is -0.373. The van der Waals surface area contributed by atoms with Crippen molar-refractivity contribution in [3.05, 3.63) is 12.7 Å². The van der Waals surface area contributed by atoms with Gasteiger partial charge in [-0.2, -0.15) is 0 Å². The fraction of sp³-hybridized carbons (Fsp3) is 0.571. The zero-order valence-corrected chi connectivity index (χ0v) is 8.13. The maximum absolute atomic E-state index is 10.5. The molecule has 0 unspecified atom stereocenters. The van der Waals surface area contributed by atoms with E-state index >= 15 is 0 Å². The molecule has 0 aliphatic carbocycles. The topological polar surface area (TPSA) is 29.5 Å². The van der Waals surface area contributed by atoms with Crippen LogP contribution in [0.1, 0.15) is 6.92 Å². The number of hydrogen-bond donors (Lipinski definition) is 0. The van der Waals surface area contributed by atoms with Crippen molar-refractivity contribution >= 4 is 22.1 Å². The van der Waals surface area contributed by atoms with Gasteiger partial charge in [-0.25, -0.2) is 8.72 Å². The van der Waals surface area contributed by atoms with Gasteiger partial charge in [0.1, 0.15) is 6.61 Å². The van der Waals surface area contributed by atoms with Crippen LogP contribution in [0.25, 0.3) is 0 Å². The Balaban J connectivity index is 3.26. The van der Waals surface area contributed by atoms with Crippen molar-refractivity contribution < 1.29 is 9.53 Å². The summed E-state index contributed by atoms with van der Waals surface area (Å²) in [5.41, 5.74) is 0. The average Bonchev–Trinajstić information content (AvgIpc) is 2.04. The Morgan fingerprint density at radius 3 is 2.91 bits per heavy atom. The lowest BCUT2D eigenvalue weighted by Gasteiger charge is -2.09. The summed E-state index contributed by atoms with van der Waals surface area (Å²) in [6, 6.07) is 0. The van der Waals surface area contributed by atoms with Gasteiger partial charge in [0, 0.05) is 35.3 Å². The van der Waals surface area contributed by atoms with E-state index in [0.717, 1.165) is 12.6 Å². The lowest BCUT2D eigenvalue weighted by Crippen LogP contribution is -2.18. The van der Waals surface area contributed by atoms with Gasteiger partial charge in [-0.15, -0.1) is 0 Å². The van der Waals surface area contributed by atoms with Crippen LogP contribution in [0.4, 0.5) is 0 Å². The van der Waals surface area contributed by atoms with E-state index in [0.29, 0.717) is 13.2 Å². The number of carbonyl (C=O) groups is 1. The summed E-state index contributed by atoms with van der Waals surface area (Å²) >= 11 is 3.27. The Bertz CT molecular complexity index is 138. The predicted octanol–water partition coefficient (Wildman–Crippen LogP) is 1.35. The molecule has 4 heteroatoms. The third kappa shape index (κ3) is 6.06. The van der Waals surface area contributed by atoms with E-state index in [1.54, 1.807) is 0 Å². The lowest BCUT2D eigenvalue weighted by atomic mass is 10.6. The summed E-state index contributed by atoms with van der Waals surface area (Å²) in [4.78, 5) is 10.5. The first-order valence-corrected chi connectivity index (χ1v) is 4.11. The van der Waals surface area contributed by atoms with E-state index in [4.69, 9.17) is 4.74 Å². The molecule has 0 aromatic heterocycles. The molecule has 0 atom stereocenters. The van der Waals surface area contributed by atoms with Crippen LogP contribution in [-0.4, -0.2) is 29.6 Å². The van der Waals surface area contributed by atoms with E-state index in [-0.39, 0.29) is 5.97 Å². The molecule has 0 spiro atoms. The molecule has 0 heterocycles. The average molecular weight is 222 g/mol. The van der Waals surface area contributed by atoms with Crippen LogP contribution in [-0.2, 0) is 9.53 Å². The Labute approximate surface area is 75.4 Å². The van der Waals surface area contributed by atoms with Crippen molar-refractivity contribution in [1.82, 2.24) is 3.93 Å². The molecule has 11 heavy (non-hydrogen) atoms.